The standard InChI is InChI=1S/C27H37N5O4S2/c1-30(26(34)21(28)18-37)25-17-31(16-24(33)29-22(13-14-38-3)27(35)36-2)23-12-8-7-9-19(23)15-32(25)20-10-5-4-6-11-20/h4-12,21-22,25,37H,13-18,28H2,1-3H3,(H,29,33)/t21-,22-,25?/m0/s1. The number of ether oxygens (including phenoxy) is 1. The van der Waals surface area contributed by atoms with Crippen molar-refractivity contribution in [2.75, 3.05) is 54.8 Å². The van der Waals surface area contributed by atoms with Gasteiger partial charge in [0.25, 0.3) is 0 Å². The summed E-state index contributed by atoms with van der Waals surface area (Å²) < 4.78 is 4.90. The van der Waals surface area contributed by atoms with Crippen LogP contribution in [0.4, 0.5) is 11.4 Å². The Morgan fingerprint density at radius 1 is 1.18 bits per heavy atom. The van der Waals surface area contributed by atoms with Crippen LogP contribution >= 0.6 is 24.4 Å². The number of nitrogens with zero attached hydrogens (tertiary/aromatic N) is 3. The number of thioether (sulfide) groups is 1. The number of anilines is 2. The molecule has 0 aliphatic carbocycles. The molecule has 1 aliphatic heterocycles. The van der Waals surface area contributed by atoms with E-state index in [1.807, 2.05) is 65.8 Å². The second-order valence-electron chi connectivity index (χ2n) is 9.12. The van der Waals surface area contributed by atoms with Crippen LogP contribution in [0.1, 0.15) is 12.0 Å². The third-order valence-corrected chi connectivity index (χ3v) is 7.62. The first kappa shape index (κ1) is 29.7. The van der Waals surface area contributed by atoms with E-state index in [2.05, 4.69) is 22.8 Å². The van der Waals surface area contributed by atoms with Gasteiger partial charge in [0.2, 0.25) is 11.8 Å². The average molecular weight is 560 g/mol. The molecule has 3 N–H and O–H groups in total. The van der Waals surface area contributed by atoms with Crippen molar-refractivity contribution in [2.45, 2.75) is 31.2 Å². The van der Waals surface area contributed by atoms with Crippen LogP contribution in [0, 0.1) is 0 Å². The fourth-order valence-electron chi connectivity index (χ4n) is 4.53. The van der Waals surface area contributed by atoms with Crippen LogP contribution in [0.2, 0.25) is 0 Å². The number of carbonyl (C=O) groups is 3. The zero-order valence-electron chi connectivity index (χ0n) is 22.1. The van der Waals surface area contributed by atoms with Crippen LogP contribution < -0.4 is 20.9 Å². The van der Waals surface area contributed by atoms with Crippen molar-refractivity contribution < 1.29 is 19.1 Å². The lowest BCUT2D eigenvalue weighted by Crippen LogP contribution is -2.58. The molecule has 206 valence electrons. The molecule has 0 saturated carbocycles. The van der Waals surface area contributed by atoms with Gasteiger partial charge in [-0.3, -0.25) is 9.59 Å². The Labute approximate surface area is 234 Å². The minimum absolute atomic E-state index is 0.00353. The second-order valence-corrected chi connectivity index (χ2v) is 10.5. The molecule has 11 heteroatoms. The SMILES string of the molecule is COC(=O)[C@H](CCSC)NC(=O)CN1CC(N(C)C(=O)[C@@H](N)CS)N(c2ccccc2)Cc2ccccc21. The number of benzene rings is 2. The molecule has 2 aromatic rings. The van der Waals surface area contributed by atoms with Gasteiger partial charge in [0.05, 0.1) is 26.2 Å². The Morgan fingerprint density at radius 3 is 2.53 bits per heavy atom. The number of thiol groups is 1. The molecule has 1 aliphatic rings. The van der Waals surface area contributed by atoms with Crippen molar-refractivity contribution in [3.05, 3.63) is 60.2 Å². The molecule has 3 atom stereocenters. The van der Waals surface area contributed by atoms with E-state index in [1.165, 1.54) is 7.11 Å². The number of amides is 2. The van der Waals surface area contributed by atoms with Gasteiger partial charge in [-0.15, -0.1) is 0 Å². The van der Waals surface area contributed by atoms with E-state index < -0.39 is 24.2 Å². The van der Waals surface area contributed by atoms with Crippen LogP contribution in [-0.4, -0.2) is 85.9 Å². The van der Waals surface area contributed by atoms with E-state index in [0.717, 1.165) is 16.9 Å². The van der Waals surface area contributed by atoms with Crippen molar-refractivity contribution in [3.8, 4) is 0 Å². The van der Waals surface area contributed by atoms with Gasteiger partial charge in [0.1, 0.15) is 12.2 Å². The lowest BCUT2D eigenvalue weighted by Gasteiger charge is -2.40. The maximum atomic E-state index is 13.3. The van der Waals surface area contributed by atoms with Gasteiger partial charge >= 0.3 is 5.97 Å². The number of hydrogen-bond acceptors (Lipinski definition) is 9. The minimum atomic E-state index is -0.749. The first-order chi connectivity index (χ1) is 18.3. The summed E-state index contributed by atoms with van der Waals surface area (Å²) in [7, 11) is 3.05. The molecule has 0 radical (unpaired) electrons. The van der Waals surface area contributed by atoms with Gasteiger partial charge in [0.15, 0.2) is 0 Å². The number of hydrogen-bond donors (Lipinski definition) is 3. The normalized spacial score (nSPS) is 16.6. The number of rotatable bonds is 11. The molecule has 9 nitrogen and oxygen atoms in total. The molecule has 0 aromatic heterocycles. The number of methoxy groups -OCH3 is 1. The van der Waals surface area contributed by atoms with Gasteiger partial charge in [-0.05, 0) is 42.2 Å². The number of carbonyl (C=O) groups excluding carboxylic acids is 3. The summed E-state index contributed by atoms with van der Waals surface area (Å²) in [5, 5.41) is 2.85. The van der Waals surface area contributed by atoms with E-state index in [4.69, 9.17) is 10.5 Å². The monoisotopic (exact) mass is 559 g/mol. The van der Waals surface area contributed by atoms with Gasteiger partial charge in [-0.25, -0.2) is 4.79 Å². The predicted octanol–water partition coefficient (Wildman–Crippen LogP) is 1.97. The summed E-state index contributed by atoms with van der Waals surface area (Å²) in [5.74, 6) is -0.0754. The third kappa shape index (κ3) is 7.36. The first-order valence-electron chi connectivity index (χ1n) is 12.4. The summed E-state index contributed by atoms with van der Waals surface area (Å²) in [5.41, 5.74) is 8.92. The van der Waals surface area contributed by atoms with E-state index >= 15 is 0 Å². The van der Waals surface area contributed by atoms with E-state index in [0.29, 0.717) is 25.3 Å². The third-order valence-electron chi connectivity index (χ3n) is 6.58. The number of para-hydroxylation sites is 2. The topological polar surface area (TPSA) is 108 Å². The maximum Gasteiger partial charge on any atom is 0.328 e. The lowest BCUT2D eigenvalue weighted by atomic mass is 10.1. The predicted molar refractivity (Wildman–Crippen MR) is 157 cm³/mol. The molecular weight excluding hydrogens is 522 g/mol. The van der Waals surface area contributed by atoms with E-state index in [1.54, 1.807) is 23.7 Å². The molecule has 2 amide bonds. The molecule has 0 saturated heterocycles. The zero-order chi connectivity index (χ0) is 27.7. The van der Waals surface area contributed by atoms with Gasteiger partial charge in [-0.2, -0.15) is 24.4 Å². The Kier molecular flexibility index (Phi) is 11.2. The molecule has 38 heavy (non-hydrogen) atoms. The highest BCUT2D eigenvalue weighted by molar-refractivity contribution is 7.98. The Hall–Kier alpha value is -2.89. The summed E-state index contributed by atoms with van der Waals surface area (Å²) in [4.78, 5) is 44.5. The smallest absolute Gasteiger partial charge is 0.328 e. The lowest BCUT2D eigenvalue weighted by molar-refractivity contribution is -0.145. The second kappa shape index (κ2) is 14.3. The largest absolute Gasteiger partial charge is 0.467 e. The highest BCUT2D eigenvalue weighted by atomic mass is 32.2. The molecular formula is C27H37N5O4S2. The number of fused-ring (bicyclic) bond motifs is 1. The van der Waals surface area contributed by atoms with Crippen LogP contribution in [0.25, 0.3) is 0 Å². The fourth-order valence-corrected chi connectivity index (χ4v) is 5.15. The van der Waals surface area contributed by atoms with Gasteiger partial charge in [-0.1, -0.05) is 36.4 Å². The summed E-state index contributed by atoms with van der Waals surface area (Å²) in [6, 6.07) is 16.3. The highest BCUT2D eigenvalue weighted by Gasteiger charge is 2.35. The van der Waals surface area contributed by atoms with Crippen LogP contribution in [0.15, 0.2) is 54.6 Å². The average Bonchev–Trinajstić information content (AvgIpc) is 3.11. The summed E-state index contributed by atoms with van der Waals surface area (Å²) in [6.07, 6.45) is 1.99. The summed E-state index contributed by atoms with van der Waals surface area (Å²) in [6.45, 7) is 0.868. The van der Waals surface area contributed by atoms with Crippen LogP contribution in [0.5, 0.6) is 0 Å². The Morgan fingerprint density at radius 2 is 1.87 bits per heavy atom. The molecule has 3 rings (SSSR count). The van der Waals surface area contributed by atoms with Crippen molar-refractivity contribution in [1.82, 2.24) is 10.2 Å². The van der Waals surface area contributed by atoms with E-state index in [9.17, 15) is 14.4 Å². The number of esters is 1. The van der Waals surface area contributed by atoms with Crippen molar-refractivity contribution in [1.29, 1.82) is 0 Å². The summed E-state index contributed by atoms with van der Waals surface area (Å²) >= 11 is 5.82. The van der Waals surface area contributed by atoms with Crippen LogP contribution in [0.3, 0.4) is 0 Å². The molecule has 1 heterocycles. The molecule has 1 unspecified atom stereocenters. The Balaban J connectivity index is 1.95. The minimum Gasteiger partial charge on any atom is -0.467 e. The maximum absolute atomic E-state index is 13.3. The molecule has 0 spiro atoms. The number of likely N-dealkylation sites (N-methyl/N-ethyl adjacent to an activating group) is 1. The highest BCUT2D eigenvalue weighted by Crippen LogP contribution is 2.31. The number of nitrogens with one attached hydrogen (secondary N) is 1. The zero-order valence-corrected chi connectivity index (χ0v) is 23.8. The number of nitrogens with two attached hydrogens (primary N) is 1. The molecule has 0 fully saturated rings. The molecule has 0 bridgehead atoms. The fraction of sp³-hybridized carbons (Fsp3) is 0.444. The first-order valence-corrected chi connectivity index (χ1v) is 14.5. The van der Waals surface area contributed by atoms with Crippen molar-refractivity contribution >= 4 is 53.5 Å². The van der Waals surface area contributed by atoms with Crippen molar-refractivity contribution in [3.63, 3.8) is 0 Å². The van der Waals surface area contributed by atoms with Gasteiger partial charge < -0.3 is 30.5 Å². The van der Waals surface area contributed by atoms with Crippen molar-refractivity contribution in [2.24, 2.45) is 5.73 Å². The van der Waals surface area contributed by atoms with Gasteiger partial charge in [0, 0.05) is 30.7 Å². The van der Waals surface area contributed by atoms with Crippen LogP contribution in [-0.2, 0) is 25.7 Å². The Bertz CT molecular complexity index is 1090. The van der Waals surface area contributed by atoms with E-state index in [-0.39, 0.29) is 24.1 Å². The quantitative estimate of drug-likeness (QED) is 0.283. The molecule has 2 aromatic carbocycles.